The highest BCUT2D eigenvalue weighted by atomic mass is 79.9. The molecule has 0 bridgehead atoms. The average Bonchev–Trinajstić information content (AvgIpc) is 2.64. The Morgan fingerprint density at radius 1 is 1.40 bits per heavy atom. The van der Waals surface area contributed by atoms with Gasteiger partial charge in [-0.05, 0) is 41.4 Å². The molecule has 86 valence electrons. The number of rotatable bonds is 6. The highest BCUT2D eigenvalue weighted by Gasteiger charge is 2.17. The van der Waals surface area contributed by atoms with E-state index in [4.69, 9.17) is 0 Å². The fourth-order valence-electron chi connectivity index (χ4n) is 2.04. The maximum absolute atomic E-state index is 3.51. The van der Waals surface area contributed by atoms with Gasteiger partial charge in [0.05, 0.1) is 0 Å². The monoisotopic (exact) mass is 289 g/mol. The third-order valence-corrected chi connectivity index (χ3v) is 4.75. The minimum Gasteiger partial charge on any atom is -0.316 e. The topological polar surface area (TPSA) is 12.0 Å². The van der Waals surface area contributed by atoms with Crippen molar-refractivity contribution < 1.29 is 0 Å². The molecule has 0 saturated carbocycles. The lowest BCUT2D eigenvalue weighted by molar-refractivity contribution is 0.350. The van der Waals surface area contributed by atoms with Crippen LogP contribution in [0.4, 0.5) is 0 Å². The summed E-state index contributed by atoms with van der Waals surface area (Å²) in [5.74, 6) is 0.788. The van der Waals surface area contributed by atoms with Crippen molar-refractivity contribution in [3.63, 3.8) is 0 Å². The molecule has 1 heterocycles. The van der Waals surface area contributed by atoms with Crippen LogP contribution in [0, 0.1) is 5.92 Å². The van der Waals surface area contributed by atoms with E-state index >= 15 is 0 Å². The van der Waals surface area contributed by atoms with Gasteiger partial charge in [-0.2, -0.15) is 0 Å². The zero-order valence-corrected chi connectivity index (χ0v) is 12.1. The van der Waals surface area contributed by atoms with E-state index in [1.54, 1.807) is 0 Å². The van der Waals surface area contributed by atoms with Crippen molar-refractivity contribution in [3.8, 4) is 0 Å². The van der Waals surface area contributed by atoms with Crippen LogP contribution in [0.25, 0.3) is 0 Å². The first-order valence-electron chi connectivity index (χ1n) is 5.61. The first kappa shape index (κ1) is 13.2. The summed E-state index contributed by atoms with van der Waals surface area (Å²) in [6.45, 7) is 4.56. The Bertz CT molecular complexity index is 281. The van der Waals surface area contributed by atoms with Crippen molar-refractivity contribution in [2.45, 2.75) is 39.2 Å². The summed E-state index contributed by atoms with van der Waals surface area (Å²) >= 11 is 5.35. The Labute approximate surface area is 105 Å². The maximum Gasteiger partial charge on any atom is 0.0285 e. The molecule has 0 aliphatic rings. The van der Waals surface area contributed by atoms with E-state index in [9.17, 15) is 0 Å². The largest absolute Gasteiger partial charge is 0.316 e. The molecule has 0 aliphatic carbocycles. The normalized spacial score (nSPS) is 13.4. The van der Waals surface area contributed by atoms with Gasteiger partial charge in [-0.25, -0.2) is 0 Å². The van der Waals surface area contributed by atoms with Gasteiger partial charge in [0, 0.05) is 20.8 Å². The van der Waals surface area contributed by atoms with Gasteiger partial charge in [0.15, 0.2) is 0 Å². The molecule has 0 aromatic carbocycles. The van der Waals surface area contributed by atoms with E-state index in [0.29, 0.717) is 6.04 Å². The Morgan fingerprint density at radius 3 is 2.47 bits per heavy atom. The molecule has 1 unspecified atom stereocenters. The van der Waals surface area contributed by atoms with Crippen molar-refractivity contribution in [1.29, 1.82) is 0 Å². The second kappa shape index (κ2) is 6.66. The molecule has 0 radical (unpaired) electrons. The van der Waals surface area contributed by atoms with E-state index in [-0.39, 0.29) is 0 Å². The van der Waals surface area contributed by atoms with E-state index < -0.39 is 0 Å². The number of thiophene rings is 1. The maximum atomic E-state index is 3.51. The Hall–Kier alpha value is 0.140. The molecular weight excluding hydrogens is 270 g/mol. The zero-order valence-electron chi connectivity index (χ0n) is 9.72. The van der Waals surface area contributed by atoms with Gasteiger partial charge in [0.2, 0.25) is 0 Å². The summed E-state index contributed by atoms with van der Waals surface area (Å²) in [5.41, 5.74) is 0. The van der Waals surface area contributed by atoms with Crippen LogP contribution in [-0.4, -0.2) is 13.1 Å². The lowest BCUT2D eigenvalue weighted by Gasteiger charge is -2.24. The summed E-state index contributed by atoms with van der Waals surface area (Å²) in [6.07, 6.45) is 3.67. The van der Waals surface area contributed by atoms with Crippen LogP contribution < -0.4 is 5.32 Å². The van der Waals surface area contributed by atoms with E-state index in [2.05, 4.69) is 53.6 Å². The second-order valence-electron chi connectivity index (χ2n) is 3.91. The summed E-state index contributed by atoms with van der Waals surface area (Å²) in [5, 5.41) is 5.61. The van der Waals surface area contributed by atoms with Crippen molar-refractivity contribution in [3.05, 3.63) is 20.8 Å². The number of halogens is 1. The van der Waals surface area contributed by atoms with E-state index in [1.807, 2.05) is 11.3 Å². The van der Waals surface area contributed by atoms with Crippen LogP contribution in [-0.2, 0) is 6.42 Å². The highest BCUT2D eigenvalue weighted by Crippen LogP contribution is 2.24. The molecule has 3 heteroatoms. The van der Waals surface area contributed by atoms with Gasteiger partial charge < -0.3 is 5.32 Å². The molecule has 15 heavy (non-hydrogen) atoms. The van der Waals surface area contributed by atoms with Gasteiger partial charge in [-0.15, -0.1) is 11.3 Å². The van der Waals surface area contributed by atoms with E-state index in [1.165, 1.54) is 22.2 Å². The third kappa shape index (κ3) is 3.89. The van der Waals surface area contributed by atoms with Gasteiger partial charge >= 0.3 is 0 Å². The molecular formula is C12H20BrNS. The Morgan fingerprint density at radius 2 is 2.07 bits per heavy atom. The molecule has 1 aromatic heterocycles. The Balaban J connectivity index is 2.60. The number of hydrogen-bond donors (Lipinski definition) is 1. The molecule has 1 rings (SSSR count). The summed E-state index contributed by atoms with van der Waals surface area (Å²) in [7, 11) is 2.08. The number of hydrogen-bond acceptors (Lipinski definition) is 2. The standard InChI is InChI=1S/C12H20BrNS/c1-4-9(5-2)12(14-3)7-11-6-10(13)8-15-11/h6,8-9,12,14H,4-5,7H2,1-3H3. The van der Waals surface area contributed by atoms with Crippen molar-refractivity contribution in [2.75, 3.05) is 7.05 Å². The molecule has 0 amide bonds. The molecule has 0 fully saturated rings. The van der Waals surface area contributed by atoms with Gasteiger partial charge in [0.25, 0.3) is 0 Å². The minimum absolute atomic E-state index is 0.616. The smallest absolute Gasteiger partial charge is 0.0285 e. The van der Waals surface area contributed by atoms with Crippen molar-refractivity contribution in [2.24, 2.45) is 5.92 Å². The molecule has 0 aliphatic heterocycles. The van der Waals surface area contributed by atoms with Crippen molar-refractivity contribution in [1.82, 2.24) is 5.32 Å². The average molecular weight is 290 g/mol. The molecule has 1 aromatic rings. The zero-order chi connectivity index (χ0) is 11.3. The van der Waals surface area contributed by atoms with Crippen molar-refractivity contribution >= 4 is 27.3 Å². The Kier molecular flexibility index (Phi) is 5.87. The molecule has 1 atom stereocenters. The molecule has 0 spiro atoms. The van der Waals surface area contributed by atoms with Crippen LogP contribution in [0.1, 0.15) is 31.6 Å². The first-order chi connectivity index (χ1) is 7.21. The third-order valence-electron chi connectivity index (χ3n) is 3.03. The van der Waals surface area contributed by atoms with Gasteiger partial charge in [0.1, 0.15) is 0 Å². The predicted molar refractivity (Wildman–Crippen MR) is 72.6 cm³/mol. The molecule has 1 nitrogen and oxygen atoms in total. The van der Waals surface area contributed by atoms with Gasteiger partial charge in [-0.3, -0.25) is 0 Å². The van der Waals surface area contributed by atoms with Crippen LogP contribution in [0.15, 0.2) is 15.9 Å². The first-order valence-corrected chi connectivity index (χ1v) is 7.28. The van der Waals surface area contributed by atoms with Crippen LogP contribution >= 0.6 is 27.3 Å². The lowest BCUT2D eigenvalue weighted by Crippen LogP contribution is -2.34. The van der Waals surface area contributed by atoms with Gasteiger partial charge in [-0.1, -0.05) is 26.7 Å². The fraction of sp³-hybridized carbons (Fsp3) is 0.667. The number of nitrogens with one attached hydrogen (secondary N) is 1. The molecule has 1 N–H and O–H groups in total. The minimum atomic E-state index is 0.616. The second-order valence-corrected chi connectivity index (χ2v) is 5.82. The quantitative estimate of drug-likeness (QED) is 0.832. The fourth-order valence-corrected chi connectivity index (χ4v) is 3.55. The van der Waals surface area contributed by atoms with Crippen LogP contribution in [0.5, 0.6) is 0 Å². The molecule has 0 saturated heterocycles. The summed E-state index contributed by atoms with van der Waals surface area (Å²) < 4.78 is 1.21. The highest BCUT2D eigenvalue weighted by molar-refractivity contribution is 9.10. The number of likely N-dealkylation sites (N-methyl/N-ethyl adjacent to an activating group) is 1. The lowest BCUT2D eigenvalue weighted by atomic mass is 9.91. The predicted octanol–water partition coefficient (Wildman–Crippen LogP) is 4.08. The summed E-state index contributed by atoms with van der Waals surface area (Å²) in [4.78, 5) is 1.47. The van der Waals surface area contributed by atoms with Crippen LogP contribution in [0.3, 0.4) is 0 Å². The van der Waals surface area contributed by atoms with Crippen LogP contribution in [0.2, 0.25) is 0 Å². The SMILES string of the molecule is CCC(CC)C(Cc1cc(Br)cs1)NC. The summed E-state index contributed by atoms with van der Waals surface area (Å²) in [6, 6.07) is 2.85. The van der Waals surface area contributed by atoms with E-state index in [0.717, 1.165) is 12.3 Å².